The molecule has 4 N–H and O–H groups in total. The Labute approximate surface area is 146 Å². The molecule has 0 fully saturated rings. The number of aldehydes is 1. The van der Waals surface area contributed by atoms with Crippen LogP contribution in [0.15, 0.2) is 0 Å². The monoisotopic (exact) mass is 365 g/mol. The molecule has 0 aromatic rings. The predicted molar refractivity (Wildman–Crippen MR) is 91.5 cm³/mol. The number of thiol groups is 2. The summed E-state index contributed by atoms with van der Waals surface area (Å²) in [5.74, 6) is 3.32. The first-order valence-corrected chi connectivity index (χ1v) is 8.34. The van der Waals surface area contributed by atoms with Crippen molar-refractivity contribution in [2.24, 2.45) is 5.84 Å². The summed E-state index contributed by atoms with van der Waals surface area (Å²) in [6.07, 6.45) is 0.749. The highest BCUT2D eigenvalue weighted by atomic mass is 32.1. The molecule has 0 aliphatic rings. The van der Waals surface area contributed by atoms with E-state index in [-0.39, 0.29) is 31.0 Å². The van der Waals surface area contributed by atoms with Crippen LogP contribution < -0.4 is 16.6 Å². The molecule has 0 aliphatic heterocycles. The van der Waals surface area contributed by atoms with E-state index >= 15 is 0 Å². The molecule has 0 aromatic heterocycles. The lowest BCUT2D eigenvalue weighted by atomic mass is 10.0. The van der Waals surface area contributed by atoms with E-state index in [0.717, 1.165) is 0 Å². The maximum absolute atomic E-state index is 12.1. The second-order valence-corrected chi connectivity index (χ2v) is 5.35. The Morgan fingerprint density at radius 3 is 2.17 bits per heavy atom. The lowest BCUT2D eigenvalue weighted by Crippen LogP contribution is -2.53. The van der Waals surface area contributed by atoms with E-state index in [1.807, 2.05) is 0 Å². The summed E-state index contributed by atoms with van der Waals surface area (Å²) in [6, 6.07) is -2.64. The van der Waals surface area contributed by atoms with E-state index in [0.29, 0.717) is 6.29 Å². The smallest absolute Gasteiger partial charge is 0.305 e. The molecule has 0 spiro atoms. The third-order valence-corrected chi connectivity index (χ3v) is 3.72. The largest absolute Gasteiger partial charge is 0.466 e. The van der Waals surface area contributed by atoms with Crippen molar-refractivity contribution in [1.82, 2.24) is 10.7 Å². The number of carbonyl (C=O) groups excluding carboxylic acids is 4. The summed E-state index contributed by atoms with van der Waals surface area (Å²) in [5.41, 5.74) is 2.20. The SMILES string of the molecule is CCOC(=O)CCC(C=O)N[C@@H](CS)C(=O)C(=O)[C@H](CS)NN. The Morgan fingerprint density at radius 2 is 1.74 bits per heavy atom. The minimum absolute atomic E-state index is 0.0121. The van der Waals surface area contributed by atoms with Crippen LogP contribution in [0.4, 0.5) is 0 Å². The van der Waals surface area contributed by atoms with E-state index in [1.54, 1.807) is 6.92 Å². The zero-order valence-corrected chi connectivity index (χ0v) is 14.6. The maximum atomic E-state index is 12.1. The summed E-state index contributed by atoms with van der Waals surface area (Å²) >= 11 is 7.95. The number of hydrazine groups is 1. The Bertz CT molecular complexity index is 418. The van der Waals surface area contributed by atoms with Crippen LogP contribution in [0.25, 0.3) is 0 Å². The summed E-state index contributed by atoms with van der Waals surface area (Å²) in [5, 5.41) is 2.72. The second kappa shape index (κ2) is 12.5. The third-order valence-electron chi connectivity index (χ3n) is 2.99. The van der Waals surface area contributed by atoms with Crippen LogP contribution in [0.1, 0.15) is 19.8 Å². The van der Waals surface area contributed by atoms with Gasteiger partial charge in [0.15, 0.2) is 0 Å². The van der Waals surface area contributed by atoms with E-state index in [2.05, 4.69) is 36.0 Å². The molecule has 0 saturated carbocycles. The molecule has 0 aliphatic carbocycles. The number of ether oxygens (including phenoxy) is 1. The van der Waals surface area contributed by atoms with E-state index in [1.165, 1.54) is 0 Å². The fourth-order valence-electron chi connectivity index (χ4n) is 1.72. The van der Waals surface area contributed by atoms with Crippen molar-refractivity contribution in [3.05, 3.63) is 0 Å². The number of rotatable bonds is 13. The molecule has 3 atom stereocenters. The van der Waals surface area contributed by atoms with Crippen molar-refractivity contribution >= 4 is 49.1 Å². The van der Waals surface area contributed by atoms with Gasteiger partial charge in [0.25, 0.3) is 0 Å². The highest BCUT2D eigenvalue weighted by Gasteiger charge is 2.30. The summed E-state index contributed by atoms with van der Waals surface area (Å²) in [7, 11) is 0. The van der Waals surface area contributed by atoms with Crippen molar-refractivity contribution in [2.45, 2.75) is 37.9 Å². The van der Waals surface area contributed by atoms with Crippen LogP contribution >= 0.6 is 25.3 Å². The van der Waals surface area contributed by atoms with Crippen molar-refractivity contribution < 1.29 is 23.9 Å². The normalized spacial score (nSPS) is 14.6. The number of ketones is 2. The quantitative estimate of drug-likeness (QED) is 0.0679. The van der Waals surface area contributed by atoms with Gasteiger partial charge in [0.1, 0.15) is 6.29 Å². The van der Waals surface area contributed by atoms with Crippen molar-refractivity contribution in [1.29, 1.82) is 0 Å². The van der Waals surface area contributed by atoms with Gasteiger partial charge in [-0.1, -0.05) is 0 Å². The molecule has 0 rings (SSSR count). The molecule has 0 heterocycles. The van der Waals surface area contributed by atoms with Gasteiger partial charge >= 0.3 is 5.97 Å². The summed E-state index contributed by atoms with van der Waals surface area (Å²) < 4.78 is 4.76. The minimum Gasteiger partial charge on any atom is -0.466 e. The minimum atomic E-state index is -0.959. The van der Waals surface area contributed by atoms with E-state index in [9.17, 15) is 19.2 Å². The number of hydrogen-bond donors (Lipinski definition) is 5. The Hall–Kier alpha value is -0.940. The van der Waals surface area contributed by atoms with Crippen molar-refractivity contribution in [2.75, 3.05) is 18.1 Å². The summed E-state index contributed by atoms with van der Waals surface area (Å²) in [6.45, 7) is 1.93. The molecule has 23 heavy (non-hydrogen) atoms. The first kappa shape index (κ1) is 22.1. The lowest BCUT2D eigenvalue weighted by molar-refractivity contribution is -0.143. The molecule has 0 saturated heterocycles. The van der Waals surface area contributed by atoms with Gasteiger partial charge in [0, 0.05) is 17.9 Å². The highest BCUT2D eigenvalue weighted by molar-refractivity contribution is 7.80. The van der Waals surface area contributed by atoms with Crippen LogP contribution in [0.5, 0.6) is 0 Å². The zero-order chi connectivity index (χ0) is 17.8. The van der Waals surface area contributed by atoms with Gasteiger partial charge in [0.2, 0.25) is 11.6 Å². The lowest BCUT2D eigenvalue weighted by Gasteiger charge is -2.21. The molecule has 0 bridgehead atoms. The van der Waals surface area contributed by atoms with Crippen LogP contribution in [0, 0.1) is 0 Å². The number of Topliss-reactive ketones (excluding diaryl/α,β-unsaturated/α-hetero) is 2. The summed E-state index contributed by atoms with van der Waals surface area (Å²) in [4.78, 5) is 46.5. The Morgan fingerprint density at radius 1 is 1.17 bits per heavy atom. The zero-order valence-electron chi connectivity index (χ0n) is 12.9. The van der Waals surface area contributed by atoms with Crippen molar-refractivity contribution in [3.8, 4) is 0 Å². The van der Waals surface area contributed by atoms with Crippen LogP contribution in [0.2, 0.25) is 0 Å². The molecule has 1 unspecified atom stereocenters. The van der Waals surface area contributed by atoms with Gasteiger partial charge in [-0.2, -0.15) is 25.3 Å². The number of hydrogen-bond acceptors (Lipinski definition) is 10. The topological polar surface area (TPSA) is 128 Å². The van der Waals surface area contributed by atoms with Gasteiger partial charge in [-0.15, -0.1) is 0 Å². The van der Waals surface area contributed by atoms with Gasteiger partial charge in [-0.05, 0) is 13.3 Å². The Kier molecular flexibility index (Phi) is 12.0. The molecule has 10 heteroatoms. The van der Waals surface area contributed by atoms with Gasteiger partial charge in [-0.3, -0.25) is 25.5 Å². The number of carbonyl (C=O) groups is 4. The average Bonchev–Trinajstić information content (AvgIpc) is 2.55. The average molecular weight is 365 g/mol. The van der Waals surface area contributed by atoms with Gasteiger partial charge < -0.3 is 9.53 Å². The van der Waals surface area contributed by atoms with E-state index in [4.69, 9.17) is 10.6 Å². The third kappa shape index (κ3) is 7.93. The number of nitrogens with two attached hydrogens (primary N) is 1. The molecule has 0 amide bonds. The predicted octanol–water partition coefficient (Wildman–Crippen LogP) is -1.31. The Balaban J connectivity index is 4.69. The van der Waals surface area contributed by atoms with Crippen LogP contribution in [-0.4, -0.2) is 60.1 Å². The highest BCUT2D eigenvalue weighted by Crippen LogP contribution is 2.03. The van der Waals surface area contributed by atoms with Gasteiger partial charge in [0.05, 0.1) is 24.7 Å². The molecule has 0 radical (unpaired) electrons. The number of esters is 1. The maximum Gasteiger partial charge on any atom is 0.305 e. The molecule has 0 aromatic carbocycles. The molecular weight excluding hydrogens is 342 g/mol. The standard InChI is InChI=1S/C13H23N3O5S2/c1-2-21-11(18)4-3-8(5-17)15-9(6-22)12(19)13(20)10(7-23)16-14/h5,8-10,15-16,22-23H,2-4,6-7,14H2,1H3/t8?,9-,10-/m0/s1. The van der Waals surface area contributed by atoms with Crippen molar-refractivity contribution in [3.63, 3.8) is 0 Å². The number of nitrogens with one attached hydrogen (secondary N) is 2. The van der Waals surface area contributed by atoms with Crippen LogP contribution in [-0.2, 0) is 23.9 Å². The fraction of sp³-hybridized carbons (Fsp3) is 0.692. The first-order chi connectivity index (χ1) is 10.9. The second-order valence-electron chi connectivity index (χ2n) is 4.62. The first-order valence-electron chi connectivity index (χ1n) is 7.07. The molecule has 132 valence electrons. The van der Waals surface area contributed by atoms with E-state index < -0.39 is 35.7 Å². The molecule has 8 nitrogen and oxygen atoms in total. The molecular formula is C13H23N3O5S2. The fourth-order valence-corrected chi connectivity index (χ4v) is 2.26. The van der Waals surface area contributed by atoms with Gasteiger partial charge in [-0.25, -0.2) is 5.43 Å². The van der Waals surface area contributed by atoms with Crippen LogP contribution in [0.3, 0.4) is 0 Å².